The molecule has 2 rings (SSSR count). The molecule has 0 aliphatic carbocycles. The van der Waals surface area contributed by atoms with Crippen molar-refractivity contribution in [3.05, 3.63) is 29.8 Å². The third-order valence-electron chi connectivity index (χ3n) is 3.24. The molecule has 0 aromatic heterocycles. The molecular formula is C14H18N2O3. The van der Waals surface area contributed by atoms with Crippen LogP contribution in [0.15, 0.2) is 24.3 Å². The Balaban J connectivity index is 1.81. The fourth-order valence-electron chi connectivity index (χ4n) is 2.22. The van der Waals surface area contributed by atoms with Gasteiger partial charge < -0.3 is 15.7 Å². The number of hydrogen-bond donors (Lipinski definition) is 3. The van der Waals surface area contributed by atoms with Crippen molar-refractivity contribution in [1.29, 1.82) is 0 Å². The summed E-state index contributed by atoms with van der Waals surface area (Å²) in [7, 11) is 0. The van der Waals surface area contributed by atoms with Gasteiger partial charge in [-0.05, 0) is 17.5 Å². The van der Waals surface area contributed by atoms with Crippen LogP contribution in [-0.2, 0) is 16.0 Å². The van der Waals surface area contributed by atoms with Gasteiger partial charge in [-0.2, -0.15) is 0 Å². The Morgan fingerprint density at radius 1 is 1.47 bits per heavy atom. The molecule has 0 radical (unpaired) electrons. The van der Waals surface area contributed by atoms with Crippen LogP contribution in [-0.4, -0.2) is 29.6 Å². The van der Waals surface area contributed by atoms with Crippen LogP contribution in [0, 0.1) is 5.92 Å². The number of carboxylic acids is 1. The molecule has 0 fully saturated rings. The van der Waals surface area contributed by atoms with Gasteiger partial charge >= 0.3 is 5.97 Å². The minimum Gasteiger partial charge on any atom is -0.481 e. The number of rotatable bonds is 5. The molecule has 1 aromatic rings. The van der Waals surface area contributed by atoms with Crippen molar-refractivity contribution in [1.82, 2.24) is 5.32 Å². The maximum Gasteiger partial charge on any atom is 0.303 e. The molecule has 102 valence electrons. The Labute approximate surface area is 112 Å². The summed E-state index contributed by atoms with van der Waals surface area (Å²) in [4.78, 5) is 22.5. The first-order chi connectivity index (χ1) is 9.06. The predicted octanol–water partition coefficient (Wildman–Crippen LogP) is 1.25. The van der Waals surface area contributed by atoms with Crippen molar-refractivity contribution in [3.8, 4) is 0 Å². The zero-order valence-corrected chi connectivity index (χ0v) is 10.8. The molecule has 0 saturated carbocycles. The van der Waals surface area contributed by atoms with Gasteiger partial charge in [0, 0.05) is 25.1 Å². The maximum atomic E-state index is 12.0. The molecule has 1 aromatic carbocycles. The minimum atomic E-state index is -0.840. The number of aliphatic carboxylic acids is 1. The number of anilines is 1. The number of carbonyl (C=O) groups is 2. The number of nitrogens with one attached hydrogen (secondary N) is 2. The van der Waals surface area contributed by atoms with Crippen molar-refractivity contribution in [2.75, 3.05) is 11.9 Å². The second kappa shape index (κ2) is 5.73. The van der Waals surface area contributed by atoms with Crippen molar-refractivity contribution < 1.29 is 14.7 Å². The van der Waals surface area contributed by atoms with Gasteiger partial charge in [0.05, 0.1) is 0 Å². The van der Waals surface area contributed by atoms with E-state index in [0.29, 0.717) is 13.0 Å². The number of carbonyl (C=O) groups excluding carboxylic acids is 1. The van der Waals surface area contributed by atoms with E-state index in [1.807, 2.05) is 31.2 Å². The standard InChI is InChI=1S/C14H18N2O3/c1-9(6-13(17)18)8-15-14(19)12-7-10-4-2-3-5-11(10)16-12/h2-5,9,12,16H,6-8H2,1H3,(H,15,19)(H,17,18). The van der Waals surface area contributed by atoms with Gasteiger partial charge in [0.2, 0.25) is 5.91 Å². The second-order valence-electron chi connectivity index (χ2n) is 5.01. The average Bonchev–Trinajstić information content (AvgIpc) is 2.78. The van der Waals surface area contributed by atoms with E-state index in [0.717, 1.165) is 11.3 Å². The lowest BCUT2D eigenvalue weighted by atomic mass is 10.1. The summed E-state index contributed by atoms with van der Waals surface area (Å²) >= 11 is 0. The van der Waals surface area contributed by atoms with Gasteiger partial charge in [0.15, 0.2) is 0 Å². The van der Waals surface area contributed by atoms with E-state index >= 15 is 0 Å². The monoisotopic (exact) mass is 262 g/mol. The highest BCUT2D eigenvalue weighted by Crippen LogP contribution is 2.25. The summed E-state index contributed by atoms with van der Waals surface area (Å²) in [5, 5.41) is 14.6. The van der Waals surface area contributed by atoms with E-state index in [1.165, 1.54) is 0 Å². The summed E-state index contributed by atoms with van der Waals surface area (Å²) in [6.45, 7) is 2.20. The summed E-state index contributed by atoms with van der Waals surface area (Å²) in [6, 6.07) is 7.59. The first kappa shape index (κ1) is 13.4. The van der Waals surface area contributed by atoms with E-state index < -0.39 is 5.97 Å². The molecule has 1 heterocycles. The van der Waals surface area contributed by atoms with Crippen LogP contribution >= 0.6 is 0 Å². The summed E-state index contributed by atoms with van der Waals surface area (Å²) < 4.78 is 0. The zero-order valence-electron chi connectivity index (χ0n) is 10.8. The number of para-hydroxylation sites is 1. The molecule has 0 bridgehead atoms. The molecule has 5 nitrogen and oxygen atoms in total. The number of fused-ring (bicyclic) bond motifs is 1. The molecule has 5 heteroatoms. The molecule has 1 aliphatic heterocycles. The molecule has 1 aliphatic rings. The summed E-state index contributed by atoms with van der Waals surface area (Å²) in [5.74, 6) is -0.980. The van der Waals surface area contributed by atoms with Crippen LogP contribution in [0.5, 0.6) is 0 Å². The van der Waals surface area contributed by atoms with Crippen molar-refractivity contribution in [2.45, 2.75) is 25.8 Å². The molecule has 0 spiro atoms. The van der Waals surface area contributed by atoms with Gasteiger partial charge in [0.25, 0.3) is 0 Å². The van der Waals surface area contributed by atoms with Crippen LogP contribution < -0.4 is 10.6 Å². The molecule has 2 atom stereocenters. The number of carboxylic acid groups (broad SMARTS) is 1. The van der Waals surface area contributed by atoms with Gasteiger partial charge in [-0.15, -0.1) is 0 Å². The van der Waals surface area contributed by atoms with Crippen LogP contribution in [0.1, 0.15) is 18.9 Å². The fourth-order valence-corrected chi connectivity index (χ4v) is 2.22. The number of hydrogen-bond acceptors (Lipinski definition) is 3. The molecular weight excluding hydrogens is 244 g/mol. The van der Waals surface area contributed by atoms with E-state index in [9.17, 15) is 9.59 Å². The smallest absolute Gasteiger partial charge is 0.303 e. The van der Waals surface area contributed by atoms with E-state index in [2.05, 4.69) is 10.6 Å². The first-order valence-corrected chi connectivity index (χ1v) is 6.40. The van der Waals surface area contributed by atoms with Crippen molar-refractivity contribution >= 4 is 17.6 Å². The molecule has 3 N–H and O–H groups in total. The fraction of sp³-hybridized carbons (Fsp3) is 0.429. The third kappa shape index (κ3) is 3.47. The molecule has 2 unspecified atom stereocenters. The number of benzene rings is 1. The Bertz CT molecular complexity index is 462. The summed E-state index contributed by atoms with van der Waals surface area (Å²) in [5.41, 5.74) is 2.14. The lowest BCUT2D eigenvalue weighted by Gasteiger charge is -2.14. The van der Waals surface area contributed by atoms with Crippen LogP contribution in [0.4, 0.5) is 5.69 Å². The highest BCUT2D eigenvalue weighted by atomic mass is 16.4. The Hall–Kier alpha value is -2.04. The molecule has 1 amide bonds. The van der Waals surface area contributed by atoms with Gasteiger partial charge in [-0.3, -0.25) is 9.59 Å². The molecule has 0 saturated heterocycles. The normalized spacial score (nSPS) is 18.3. The Kier molecular flexibility index (Phi) is 4.04. The number of amides is 1. The molecule has 19 heavy (non-hydrogen) atoms. The van der Waals surface area contributed by atoms with Gasteiger partial charge in [-0.25, -0.2) is 0 Å². The minimum absolute atomic E-state index is 0.0646. The van der Waals surface area contributed by atoms with Crippen LogP contribution in [0.3, 0.4) is 0 Å². The first-order valence-electron chi connectivity index (χ1n) is 6.40. The van der Waals surface area contributed by atoms with E-state index in [-0.39, 0.29) is 24.3 Å². The SMILES string of the molecule is CC(CNC(=O)C1Cc2ccccc2N1)CC(=O)O. The second-order valence-corrected chi connectivity index (χ2v) is 5.01. The summed E-state index contributed by atoms with van der Waals surface area (Å²) in [6.07, 6.45) is 0.744. The Morgan fingerprint density at radius 3 is 2.89 bits per heavy atom. The lowest BCUT2D eigenvalue weighted by Crippen LogP contribution is -2.40. The van der Waals surface area contributed by atoms with Gasteiger partial charge in [-0.1, -0.05) is 25.1 Å². The van der Waals surface area contributed by atoms with Crippen molar-refractivity contribution in [2.24, 2.45) is 5.92 Å². The quantitative estimate of drug-likeness (QED) is 0.746. The highest BCUT2D eigenvalue weighted by molar-refractivity contribution is 5.87. The van der Waals surface area contributed by atoms with E-state index in [1.54, 1.807) is 0 Å². The van der Waals surface area contributed by atoms with E-state index in [4.69, 9.17) is 5.11 Å². The zero-order chi connectivity index (χ0) is 13.8. The van der Waals surface area contributed by atoms with Crippen LogP contribution in [0.2, 0.25) is 0 Å². The predicted molar refractivity (Wildman–Crippen MR) is 72.0 cm³/mol. The Morgan fingerprint density at radius 2 is 2.21 bits per heavy atom. The van der Waals surface area contributed by atoms with Crippen molar-refractivity contribution in [3.63, 3.8) is 0 Å². The average molecular weight is 262 g/mol. The maximum absolute atomic E-state index is 12.0. The highest BCUT2D eigenvalue weighted by Gasteiger charge is 2.26. The topological polar surface area (TPSA) is 78.4 Å². The largest absolute Gasteiger partial charge is 0.481 e. The third-order valence-corrected chi connectivity index (χ3v) is 3.24. The van der Waals surface area contributed by atoms with Gasteiger partial charge in [0.1, 0.15) is 6.04 Å². The van der Waals surface area contributed by atoms with Crippen LogP contribution in [0.25, 0.3) is 0 Å². The lowest BCUT2D eigenvalue weighted by molar-refractivity contribution is -0.138.